The standard InChI is InChI=1S/C12H15NO3S/c14-17(15)6-5-11(13-9-7-16-8-9)10-3-1-2-4-12(10)17/h1-4,9,11,13H,5-8H2. The maximum absolute atomic E-state index is 11.9. The summed E-state index contributed by atoms with van der Waals surface area (Å²) in [5, 5.41) is 3.46. The first-order valence-corrected chi connectivity index (χ1v) is 7.47. The van der Waals surface area contributed by atoms with Crippen molar-refractivity contribution in [3.63, 3.8) is 0 Å². The first-order chi connectivity index (χ1) is 8.17. The van der Waals surface area contributed by atoms with Gasteiger partial charge in [-0.05, 0) is 18.1 Å². The average molecular weight is 253 g/mol. The van der Waals surface area contributed by atoms with Crippen molar-refractivity contribution in [2.45, 2.75) is 23.4 Å². The summed E-state index contributed by atoms with van der Waals surface area (Å²) in [6.45, 7) is 1.46. The van der Waals surface area contributed by atoms with E-state index < -0.39 is 9.84 Å². The highest BCUT2D eigenvalue weighted by Crippen LogP contribution is 2.32. The molecule has 0 radical (unpaired) electrons. The molecule has 1 saturated heterocycles. The van der Waals surface area contributed by atoms with Gasteiger partial charge in [0, 0.05) is 6.04 Å². The van der Waals surface area contributed by atoms with E-state index in [0.717, 1.165) is 18.8 Å². The highest BCUT2D eigenvalue weighted by molar-refractivity contribution is 7.91. The van der Waals surface area contributed by atoms with Gasteiger partial charge in [-0.15, -0.1) is 0 Å². The van der Waals surface area contributed by atoms with Gasteiger partial charge in [0.2, 0.25) is 0 Å². The predicted molar refractivity (Wildman–Crippen MR) is 63.6 cm³/mol. The Labute approximate surface area is 101 Å². The molecule has 0 aliphatic carbocycles. The van der Waals surface area contributed by atoms with Gasteiger partial charge >= 0.3 is 0 Å². The highest BCUT2D eigenvalue weighted by atomic mass is 32.2. The molecule has 1 atom stereocenters. The molecular weight excluding hydrogens is 238 g/mol. The highest BCUT2D eigenvalue weighted by Gasteiger charge is 2.32. The van der Waals surface area contributed by atoms with E-state index in [1.165, 1.54) is 0 Å². The second-order valence-corrected chi connectivity index (χ2v) is 6.68. The van der Waals surface area contributed by atoms with Crippen molar-refractivity contribution >= 4 is 9.84 Å². The number of rotatable bonds is 2. The van der Waals surface area contributed by atoms with Gasteiger partial charge in [-0.2, -0.15) is 0 Å². The van der Waals surface area contributed by atoms with Crippen molar-refractivity contribution in [3.05, 3.63) is 29.8 Å². The minimum atomic E-state index is -3.07. The Hall–Kier alpha value is -0.910. The Kier molecular flexibility index (Phi) is 2.69. The van der Waals surface area contributed by atoms with Crippen LogP contribution in [0.1, 0.15) is 18.0 Å². The van der Waals surface area contributed by atoms with Gasteiger partial charge < -0.3 is 10.1 Å². The third-order valence-electron chi connectivity index (χ3n) is 3.38. The summed E-state index contributed by atoms with van der Waals surface area (Å²) in [7, 11) is -3.07. The average Bonchev–Trinajstić information content (AvgIpc) is 2.26. The molecule has 1 unspecified atom stereocenters. The van der Waals surface area contributed by atoms with E-state index in [-0.39, 0.29) is 11.8 Å². The van der Waals surface area contributed by atoms with Crippen molar-refractivity contribution < 1.29 is 13.2 Å². The second kappa shape index (κ2) is 4.08. The summed E-state index contributed by atoms with van der Waals surface area (Å²) < 4.78 is 29.0. The fraction of sp³-hybridized carbons (Fsp3) is 0.500. The van der Waals surface area contributed by atoms with Crippen LogP contribution in [0.25, 0.3) is 0 Å². The Morgan fingerprint density at radius 2 is 2.00 bits per heavy atom. The number of sulfone groups is 1. The molecule has 1 N–H and O–H groups in total. The van der Waals surface area contributed by atoms with E-state index in [1.807, 2.05) is 12.1 Å². The van der Waals surface area contributed by atoms with Gasteiger partial charge in [-0.1, -0.05) is 18.2 Å². The summed E-state index contributed by atoms with van der Waals surface area (Å²) >= 11 is 0. The minimum Gasteiger partial charge on any atom is -0.378 e. The lowest BCUT2D eigenvalue weighted by Gasteiger charge is -2.34. The van der Waals surface area contributed by atoms with Crippen molar-refractivity contribution in [2.24, 2.45) is 0 Å². The summed E-state index contributed by atoms with van der Waals surface area (Å²) in [6.07, 6.45) is 0.649. The molecule has 2 heterocycles. The zero-order valence-electron chi connectivity index (χ0n) is 9.43. The fourth-order valence-corrected chi connectivity index (χ4v) is 4.00. The Bertz CT molecular complexity index is 522. The molecule has 3 rings (SSSR count). The van der Waals surface area contributed by atoms with Crippen LogP contribution in [-0.2, 0) is 14.6 Å². The molecule has 1 aromatic carbocycles. The van der Waals surface area contributed by atoms with Crippen LogP contribution in [0.2, 0.25) is 0 Å². The van der Waals surface area contributed by atoms with E-state index in [1.54, 1.807) is 12.1 Å². The van der Waals surface area contributed by atoms with Gasteiger partial charge in [0.1, 0.15) is 0 Å². The monoisotopic (exact) mass is 253 g/mol. The normalized spacial score (nSPS) is 27.2. The molecule has 2 aliphatic heterocycles. The van der Waals surface area contributed by atoms with Crippen LogP contribution in [-0.4, -0.2) is 33.4 Å². The van der Waals surface area contributed by atoms with E-state index in [0.29, 0.717) is 17.4 Å². The summed E-state index contributed by atoms with van der Waals surface area (Å²) in [4.78, 5) is 0.490. The lowest BCUT2D eigenvalue weighted by atomic mass is 10.0. The van der Waals surface area contributed by atoms with Crippen LogP contribution < -0.4 is 5.32 Å². The molecule has 0 spiro atoms. The molecule has 1 fully saturated rings. The number of nitrogens with one attached hydrogen (secondary N) is 1. The van der Waals surface area contributed by atoms with Crippen LogP contribution in [0.4, 0.5) is 0 Å². The maximum Gasteiger partial charge on any atom is 0.178 e. The van der Waals surface area contributed by atoms with Gasteiger partial charge in [0.25, 0.3) is 0 Å². The van der Waals surface area contributed by atoms with E-state index >= 15 is 0 Å². The van der Waals surface area contributed by atoms with E-state index in [2.05, 4.69) is 5.32 Å². The van der Waals surface area contributed by atoms with Gasteiger partial charge in [-0.25, -0.2) is 8.42 Å². The lowest BCUT2D eigenvalue weighted by molar-refractivity contribution is -0.0105. The molecule has 5 heteroatoms. The number of fused-ring (bicyclic) bond motifs is 1. The molecule has 92 valence electrons. The predicted octanol–water partition coefficient (Wildman–Crippen LogP) is 0.893. The summed E-state index contributed by atoms with van der Waals surface area (Å²) in [6, 6.07) is 7.80. The molecule has 0 bridgehead atoms. The Morgan fingerprint density at radius 3 is 2.71 bits per heavy atom. The number of hydrogen-bond donors (Lipinski definition) is 1. The Balaban J connectivity index is 1.93. The minimum absolute atomic E-state index is 0.142. The van der Waals surface area contributed by atoms with Crippen LogP contribution in [0.15, 0.2) is 29.2 Å². The number of ether oxygens (including phenoxy) is 1. The van der Waals surface area contributed by atoms with Crippen molar-refractivity contribution in [3.8, 4) is 0 Å². The molecule has 17 heavy (non-hydrogen) atoms. The molecule has 2 aliphatic rings. The van der Waals surface area contributed by atoms with Gasteiger partial charge in [-0.3, -0.25) is 0 Å². The molecule has 1 aromatic rings. The van der Waals surface area contributed by atoms with Crippen LogP contribution in [0.5, 0.6) is 0 Å². The Morgan fingerprint density at radius 1 is 1.24 bits per heavy atom. The number of hydrogen-bond acceptors (Lipinski definition) is 4. The summed E-state index contributed by atoms with van der Waals surface area (Å²) in [5.41, 5.74) is 0.908. The molecular formula is C12H15NO3S. The summed E-state index contributed by atoms with van der Waals surface area (Å²) in [5.74, 6) is 0.231. The van der Waals surface area contributed by atoms with E-state index in [4.69, 9.17) is 4.74 Å². The first kappa shape index (κ1) is 11.2. The second-order valence-electron chi connectivity index (χ2n) is 4.60. The number of benzene rings is 1. The van der Waals surface area contributed by atoms with Gasteiger partial charge in [0.15, 0.2) is 9.84 Å². The van der Waals surface area contributed by atoms with Crippen LogP contribution >= 0.6 is 0 Å². The topological polar surface area (TPSA) is 55.4 Å². The third-order valence-corrected chi connectivity index (χ3v) is 5.19. The largest absolute Gasteiger partial charge is 0.378 e. The molecule has 0 aromatic heterocycles. The smallest absolute Gasteiger partial charge is 0.178 e. The zero-order chi connectivity index (χ0) is 11.9. The lowest BCUT2D eigenvalue weighted by Crippen LogP contribution is -2.48. The first-order valence-electron chi connectivity index (χ1n) is 5.82. The molecule has 4 nitrogen and oxygen atoms in total. The van der Waals surface area contributed by atoms with Crippen molar-refractivity contribution in [1.82, 2.24) is 5.32 Å². The third kappa shape index (κ3) is 1.99. The molecule has 0 saturated carbocycles. The fourth-order valence-electron chi connectivity index (χ4n) is 2.38. The quantitative estimate of drug-likeness (QED) is 0.850. The molecule has 0 amide bonds. The zero-order valence-corrected chi connectivity index (χ0v) is 10.2. The van der Waals surface area contributed by atoms with E-state index in [9.17, 15) is 8.42 Å². The van der Waals surface area contributed by atoms with Crippen molar-refractivity contribution in [2.75, 3.05) is 19.0 Å². The van der Waals surface area contributed by atoms with Crippen LogP contribution in [0, 0.1) is 0 Å². The maximum atomic E-state index is 11.9. The van der Waals surface area contributed by atoms with Crippen molar-refractivity contribution in [1.29, 1.82) is 0 Å². The van der Waals surface area contributed by atoms with Gasteiger partial charge in [0.05, 0.1) is 29.9 Å². The SMILES string of the molecule is O=S1(=O)CCC(NC2COC2)c2ccccc21. The van der Waals surface area contributed by atoms with Crippen LogP contribution in [0.3, 0.4) is 0 Å².